The minimum atomic E-state index is -0.657. The van der Waals surface area contributed by atoms with Gasteiger partial charge in [-0.2, -0.15) is 0 Å². The van der Waals surface area contributed by atoms with Crippen LogP contribution in [-0.2, 0) is 6.42 Å². The third-order valence-corrected chi connectivity index (χ3v) is 4.86. The van der Waals surface area contributed by atoms with E-state index in [1.807, 2.05) is 41.8 Å². The number of nitrogens with one attached hydrogen (secondary N) is 1. The molecule has 1 amide bonds. The van der Waals surface area contributed by atoms with Crippen molar-refractivity contribution in [1.29, 1.82) is 0 Å². The summed E-state index contributed by atoms with van der Waals surface area (Å²) >= 11 is 1.52. The molecule has 0 fully saturated rings. The molecule has 0 bridgehead atoms. The highest BCUT2D eigenvalue weighted by Crippen LogP contribution is 2.35. The zero-order chi connectivity index (χ0) is 20.1. The molecule has 6 N–H and O–H groups in total. The van der Waals surface area contributed by atoms with Crippen LogP contribution in [0.1, 0.15) is 20.8 Å². The standard InChI is InChI=1S/C20H19N3O4S/c21-19(17-5-2-8-28-17)23-14-4-1-3-12(9-14)6-7-22-20(27)13-10-15(24)18(26)16(25)11-13/h1-5,8-11,24-26H,6-7H2,(H2,21,23)(H,22,27). The van der Waals surface area contributed by atoms with E-state index in [1.54, 1.807) is 0 Å². The van der Waals surface area contributed by atoms with Crippen LogP contribution in [0, 0.1) is 0 Å². The molecule has 3 rings (SSSR count). The molecule has 0 radical (unpaired) electrons. The summed E-state index contributed by atoms with van der Waals surface area (Å²) in [5, 5.41) is 33.0. The molecule has 3 aromatic rings. The van der Waals surface area contributed by atoms with Gasteiger partial charge in [-0.1, -0.05) is 18.2 Å². The van der Waals surface area contributed by atoms with Crippen molar-refractivity contribution in [2.45, 2.75) is 6.42 Å². The van der Waals surface area contributed by atoms with E-state index in [2.05, 4.69) is 10.3 Å². The van der Waals surface area contributed by atoms with Gasteiger partial charge < -0.3 is 26.4 Å². The molecule has 0 aliphatic carbocycles. The van der Waals surface area contributed by atoms with E-state index in [9.17, 15) is 20.1 Å². The molecule has 28 heavy (non-hydrogen) atoms. The minimum Gasteiger partial charge on any atom is -0.504 e. The molecule has 2 aromatic carbocycles. The number of amidine groups is 1. The Morgan fingerprint density at radius 2 is 1.82 bits per heavy atom. The first kappa shape index (κ1) is 19.2. The molecule has 0 spiro atoms. The lowest BCUT2D eigenvalue weighted by molar-refractivity contribution is 0.0953. The molecule has 7 nitrogen and oxygen atoms in total. The SMILES string of the molecule is NC(=Nc1cccc(CCNC(=O)c2cc(O)c(O)c(O)c2)c1)c1cccs1. The smallest absolute Gasteiger partial charge is 0.251 e. The number of hydrogen-bond donors (Lipinski definition) is 5. The van der Waals surface area contributed by atoms with Crippen molar-refractivity contribution in [1.82, 2.24) is 5.32 Å². The lowest BCUT2D eigenvalue weighted by Crippen LogP contribution is -2.25. The van der Waals surface area contributed by atoms with Crippen molar-refractivity contribution in [2.75, 3.05) is 6.54 Å². The molecule has 0 aliphatic heterocycles. The van der Waals surface area contributed by atoms with Crippen molar-refractivity contribution in [3.8, 4) is 17.2 Å². The highest BCUT2D eigenvalue weighted by molar-refractivity contribution is 7.12. The van der Waals surface area contributed by atoms with E-state index >= 15 is 0 Å². The molecule has 0 saturated heterocycles. The fraction of sp³-hybridized carbons (Fsp3) is 0.100. The normalized spacial score (nSPS) is 11.4. The second-order valence-electron chi connectivity index (χ2n) is 6.01. The van der Waals surface area contributed by atoms with E-state index in [1.165, 1.54) is 11.3 Å². The van der Waals surface area contributed by atoms with Gasteiger partial charge in [-0.05, 0) is 47.7 Å². The van der Waals surface area contributed by atoms with Crippen LogP contribution in [0.3, 0.4) is 0 Å². The van der Waals surface area contributed by atoms with E-state index in [0.29, 0.717) is 18.8 Å². The van der Waals surface area contributed by atoms with Crippen molar-refractivity contribution in [3.63, 3.8) is 0 Å². The highest BCUT2D eigenvalue weighted by Gasteiger charge is 2.13. The van der Waals surface area contributed by atoms with E-state index in [4.69, 9.17) is 5.73 Å². The third kappa shape index (κ3) is 4.60. The number of carbonyl (C=O) groups is 1. The first-order valence-corrected chi connectivity index (χ1v) is 9.32. The first-order valence-electron chi connectivity index (χ1n) is 8.44. The number of phenols is 3. The highest BCUT2D eigenvalue weighted by atomic mass is 32.1. The molecule has 0 atom stereocenters. The Morgan fingerprint density at radius 1 is 1.07 bits per heavy atom. The number of nitrogens with zero attached hydrogens (tertiary/aromatic N) is 1. The van der Waals surface area contributed by atoms with Gasteiger partial charge in [0, 0.05) is 12.1 Å². The second-order valence-corrected chi connectivity index (χ2v) is 6.96. The Morgan fingerprint density at radius 3 is 2.50 bits per heavy atom. The second kappa shape index (κ2) is 8.45. The van der Waals surface area contributed by atoms with E-state index < -0.39 is 23.2 Å². The molecule has 144 valence electrons. The Balaban J connectivity index is 1.61. The van der Waals surface area contributed by atoms with Gasteiger partial charge in [-0.3, -0.25) is 4.79 Å². The topological polar surface area (TPSA) is 128 Å². The number of amides is 1. The van der Waals surface area contributed by atoms with Crippen LogP contribution in [-0.4, -0.2) is 33.6 Å². The molecule has 1 heterocycles. The third-order valence-electron chi connectivity index (χ3n) is 3.96. The fourth-order valence-electron chi connectivity index (χ4n) is 2.56. The molecule has 0 unspecified atom stereocenters. The molecular formula is C20H19N3O4S. The monoisotopic (exact) mass is 397 g/mol. The summed E-state index contributed by atoms with van der Waals surface area (Å²) in [5.41, 5.74) is 7.75. The number of nitrogens with two attached hydrogens (primary N) is 1. The van der Waals surface area contributed by atoms with E-state index in [0.717, 1.165) is 28.3 Å². The molecule has 8 heteroatoms. The van der Waals surface area contributed by atoms with Gasteiger partial charge in [-0.15, -0.1) is 11.3 Å². The Bertz CT molecular complexity index is 993. The Hall–Kier alpha value is -3.52. The van der Waals surface area contributed by atoms with Crippen LogP contribution in [0.2, 0.25) is 0 Å². The van der Waals surface area contributed by atoms with Crippen molar-refractivity contribution in [3.05, 3.63) is 69.9 Å². The van der Waals surface area contributed by atoms with Gasteiger partial charge in [-0.25, -0.2) is 4.99 Å². The number of carbonyl (C=O) groups excluding carboxylic acids is 1. The van der Waals surface area contributed by atoms with E-state index in [-0.39, 0.29) is 5.56 Å². The van der Waals surface area contributed by atoms with Gasteiger partial charge in [0.05, 0.1) is 10.6 Å². The number of aliphatic imine (C=N–C) groups is 1. The van der Waals surface area contributed by atoms with Gasteiger partial charge in [0.1, 0.15) is 5.84 Å². The quantitative estimate of drug-likeness (QED) is 0.248. The molecule has 0 aliphatic rings. The number of rotatable bonds is 6. The number of aromatic hydroxyl groups is 3. The maximum absolute atomic E-state index is 12.1. The lowest BCUT2D eigenvalue weighted by atomic mass is 10.1. The van der Waals surface area contributed by atoms with Gasteiger partial charge >= 0.3 is 0 Å². The van der Waals surface area contributed by atoms with Gasteiger partial charge in [0.2, 0.25) is 0 Å². The van der Waals surface area contributed by atoms with Crippen LogP contribution in [0.15, 0.2) is 58.9 Å². The predicted octanol–water partition coefficient (Wildman–Crippen LogP) is 2.87. The van der Waals surface area contributed by atoms with Crippen molar-refractivity contribution >= 4 is 28.8 Å². The van der Waals surface area contributed by atoms with Crippen LogP contribution in [0.5, 0.6) is 17.2 Å². The summed E-state index contributed by atoms with van der Waals surface area (Å²) in [6.07, 6.45) is 0.560. The first-order chi connectivity index (χ1) is 13.4. The average molecular weight is 397 g/mol. The summed E-state index contributed by atoms with van der Waals surface area (Å²) in [7, 11) is 0. The van der Waals surface area contributed by atoms with Crippen LogP contribution in [0.25, 0.3) is 0 Å². The van der Waals surface area contributed by atoms with Crippen LogP contribution in [0.4, 0.5) is 5.69 Å². The maximum atomic E-state index is 12.1. The van der Waals surface area contributed by atoms with Gasteiger partial charge in [0.15, 0.2) is 17.2 Å². The van der Waals surface area contributed by atoms with Gasteiger partial charge in [0.25, 0.3) is 5.91 Å². The minimum absolute atomic E-state index is 0.0508. The summed E-state index contributed by atoms with van der Waals surface area (Å²) < 4.78 is 0. The Labute approximate surface area is 165 Å². The largest absolute Gasteiger partial charge is 0.504 e. The Kier molecular flexibility index (Phi) is 5.81. The zero-order valence-corrected chi connectivity index (χ0v) is 15.6. The number of phenolic OH excluding ortho intramolecular Hbond substituents is 3. The molecular weight excluding hydrogens is 378 g/mol. The number of hydrogen-bond acceptors (Lipinski definition) is 6. The molecule has 1 aromatic heterocycles. The fourth-order valence-corrected chi connectivity index (χ4v) is 3.18. The maximum Gasteiger partial charge on any atom is 0.251 e. The van der Waals surface area contributed by atoms with Crippen molar-refractivity contribution in [2.24, 2.45) is 10.7 Å². The zero-order valence-electron chi connectivity index (χ0n) is 14.8. The number of thiophene rings is 1. The summed E-state index contributed by atoms with van der Waals surface area (Å²) in [4.78, 5) is 17.5. The van der Waals surface area contributed by atoms with Crippen molar-refractivity contribution < 1.29 is 20.1 Å². The average Bonchev–Trinajstić information content (AvgIpc) is 3.21. The number of benzene rings is 2. The summed E-state index contributed by atoms with van der Waals surface area (Å²) in [6.45, 7) is 0.342. The summed E-state index contributed by atoms with van der Waals surface area (Å²) in [6, 6.07) is 13.5. The van der Waals surface area contributed by atoms with Crippen LogP contribution >= 0.6 is 11.3 Å². The molecule has 0 saturated carbocycles. The van der Waals surface area contributed by atoms with Crippen LogP contribution < -0.4 is 11.1 Å². The summed E-state index contributed by atoms with van der Waals surface area (Å²) in [5.74, 6) is -1.79. The predicted molar refractivity (Wildman–Crippen MR) is 109 cm³/mol. The lowest BCUT2D eigenvalue weighted by Gasteiger charge is -2.08.